The maximum absolute atomic E-state index is 11.7. The van der Waals surface area contributed by atoms with Crippen LogP contribution in [0, 0.1) is 0 Å². The minimum Gasteiger partial charge on any atom is -0.469 e. The fourth-order valence-corrected chi connectivity index (χ4v) is 1.80. The number of hydrogen-bond acceptors (Lipinski definition) is 5. The lowest BCUT2D eigenvalue weighted by molar-refractivity contribution is -0.140. The fraction of sp³-hybridized carbons (Fsp3) is 0.353. The molecule has 0 aliphatic rings. The number of esters is 1. The van der Waals surface area contributed by atoms with Gasteiger partial charge in [0, 0.05) is 19.3 Å². The molecule has 0 bridgehead atoms. The van der Waals surface area contributed by atoms with E-state index in [1.807, 2.05) is 30.3 Å². The lowest BCUT2D eigenvalue weighted by Crippen LogP contribution is -2.22. The van der Waals surface area contributed by atoms with Crippen molar-refractivity contribution in [1.29, 1.82) is 0 Å². The molecule has 1 N–H and O–H groups in total. The maximum atomic E-state index is 11.7. The molecule has 5 heteroatoms. The van der Waals surface area contributed by atoms with E-state index in [4.69, 9.17) is 0 Å². The van der Waals surface area contributed by atoms with E-state index in [9.17, 15) is 19.5 Å². The van der Waals surface area contributed by atoms with Crippen LogP contribution in [0.15, 0.2) is 36.4 Å². The Hall–Kier alpha value is -2.27. The summed E-state index contributed by atoms with van der Waals surface area (Å²) < 4.78 is 4.46. The van der Waals surface area contributed by atoms with Crippen molar-refractivity contribution in [2.24, 2.45) is 0 Å². The molecule has 1 aromatic rings. The van der Waals surface area contributed by atoms with E-state index < -0.39 is 11.9 Å². The summed E-state index contributed by atoms with van der Waals surface area (Å²) in [7, 11) is 1.28. The number of ketones is 2. The summed E-state index contributed by atoms with van der Waals surface area (Å²) in [5, 5.41) is 9.71. The third-order valence-electron chi connectivity index (χ3n) is 3.05. The fourth-order valence-electron chi connectivity index (χ4n) is 1.80. The van der Waals surface area contributed by atoms with E-state index >= 15 is 0 Å². The number of ether oxygens (including phenoxy) is 1. The number of aliphatic hydroxyl groups is 1. The van der Waals surface area contributed by atoms with Crippen molar-refractivity contribution in [3.05, 3.63) is 42.0 Å². The summed E-state index contributed by atoms with van der Waals surface area (Å²) in [5.41, 5.74) is 0.840. The molecule has 0 aromatic heterocycles. The largest absolute Gasteiger partial charge is 0.469 e. The Morgan fingerprint density at radius 2 is 1.86 bits per heavy atom. The summed E-state index contributed by atoms with van der Waals surface area (Å²) >= 11 is 0. The number of benzene rings is 1. The molecule has 22 heavy (non-hydrogen) atoms. The van der Waals surface area contributed by atoms with Gasteiger partial charge in [-0.2, -0.15) is 0 Å². The molecular weight excluding hydrogens is 284 g/mol. The molecule has 1 rings (SSSR count). The monoisotopic (exact) mass is 304 g/mol. The van der Waals surface area contributed by atoms with E-state index in [2.05, 4.69) is 4.74 Å². The predicted molar refractivity (Wildman–Crippen MR) is 82.0 cm³/mol. The first-order valence-electron chi connectivity index (χ1n) is 7.06. The molecule has 1 unspecified atom stereocenters. The van der Waals surface area contributed by atoms with Gasteiger partial charge in [-0.05, 0) is 18.1 Å². The molecule has 0 heterocycles. The molecule has 0 radical (unpaired) electrons. The van der Waals surface area contributed by atoms with Crippen molar-refractivity contribution in [3.8, 4) is 0 Å². The molecule has 1 atom stereocenters. The summed E-state index contributed by atoms with van der Waals surface area (Å²) in [4.78, 5) is 34.2. The summed E-state index contributed by atoms with van der Waals surface area (Å²) in [6.07, 6.45) is 1.92. The summed E-state index contributed by atoms with van der Waals surface area (Å²) in [6.45, 7) is 0. The number of aliphatic hydroxyl groups excluding tert-OH is 1. The lowest BCUT2D eigenvalue weighted by Gasteiger charge is -2.06. The number of carbonyl (C=O) groups excluding carboxylic acids is 3. The van der Waals surface area contributed by atoms with Crippen molar-refractivity contribution in [1.82, 2.24) is 0 Å². The Morgan fingerprint density at radius 1 is 1.18 bits per heavy atom. The van der Waals surface area contributed by atoms with Crippen LogP contribution in [-0.2, 0) is 19.1 Å². The van der Waals surface area contributed by atoms with Crippen LogP contribution in [0.2, 0.25) is 0 Å². The summed E-state index contributed by atoms with van der Waals surface area (Å²) in [5.74, 6) is -1.14. The molecule has 1 aromatic carbocycles. The second-order valence-corrected chi connectivity index (χ2v) is 4.83. The van der Waals surface area contributed by atoms with Gasteiger partial charge in [0.25, 0.3) is 0 Å². The van der Waals surface area contributed by atoms with E-state index in [1.54, 1.807) is 6.08 Å². The van der Waals surface area contributed by atoms with Gasteiger partial charge in [0.2, 0.25) is 0 Å². The third kappa shape index (κ3) is 6.95. The van der Waals surface area contributed by atoms with Crippen LogP contribution in [0.1, 0.15) is 31.2 Å². The minimum atomic E-state index is -1.34. The predicted octanol–water partition coefficient (Wildman–Crippen LogP) is 1.93. The highest BCUT2D eigenvalue weighted by Crippen LogP contribution is 2.06. The first-order valence-corrected chi connectivity index (χ1v) is 7.06. The molecule has 118 valence electrons. The number of hydrogen-bond donors (Lipinski definition) is 1. The van der Waals surface area contributed by atoms with Gasteiger partial charge in [-0.3, -0.25) is 14.4 Å². The zero-order valence-corrected chi connectivity index (χ0v) is 12.5. The second kappa shape index (κ2) is 9.63. The Morgan fingerprint density at radius 3 is 2.50 bits per heavy atom. The molecule has 0 spiro atoms. The Balaban J connectivity index is 2.36. The second-order valence-electron chi connectivity index (χ2n) is 4.83. The molecule has 0 aliphatic carbocycles. The van der Waals surface area contributed by atoms with Gasteiger partial charge in [0.15, 0.2) is 5.78 Å². The topological polar surface area (TPSA) is 80.7 Å². The first kappa shape index (κ1) is 17.8. The smallest absolute Gasteiger partial charge is 0.305 e. The van der Waals surface area contributed by atoms with Crippen LogP contribution in [0.5, 0.6) is 0 Å². The van der Waals surface area contributed by atoms with Gasteiger partial charge in [-0.25, -0.2) is 0 Å². The van der Waals surface area contributed by atoms with Gasteiger partial charge in [0.05, 0.1) is 7.11 Å². The molecule has 0 saturated heterocycles. The number of methoxy groups -OCH3 is 1. The van der Waals surface area contributed by atoms with E-state index in [0.717, 1.165) is 5.56 Å². The van der Waals surface area contributed by atoms with Crippen molar-refractivity contribution < 1.29 is 24.2 Å². The molecule has 0 amide bonds. The van der Waals surface area contributed by atoms with Crippen molar-refractivity contribution in [2.45, 2.75) is 31.8 Å². The average molecular weight is 304 g/mol. The highest BCUT2D eigenvalue weighted by molar-refractivity contribution is 5.99. The standard InChI is InChI=1S/C17H20O5/c1-22-17(21)9-5-8-14(18)12-16(20)15(19)11-10-13-6-3-2-4-7-13/h2-4,6-7,10-11,16,20H,5,8-9,12H2,1H3. The van der Waals surface area contributed by atoms with Crippen LogP contribution in [-0.4, -0.2) is 35.9 Å². The van der Waals surface area contributed by atoms with Crippen LogP contribution in [0.3, 0.4) is 0 Å². The molecule has 0 fully saturated rings. The van der Waals surface area contributed by atoms with Gasteiger partial charge in [-0.15, -0.1) is 0 Å². The molecule has 0 aliphatic heterocycles. The SMILES string of the molecule is COC(=O)CCCC(=O)CC(O)C(=O)C=Cc1ccccc1. The highest BCUT2D eigenvalue weighted by Gasteiger charge is 2.16. The lowest BCUT2D eigenvalue weighted by atomic mass is 10.0. The van der Waals surface area contributed by atoms with E-state index in [0.29, 0.717) is 6.42 Å². The number of carbonyl (C=O) groups is 3. The molecule has 5 nitrogen and oxygen atoms in total. The zero-order valence-electron chi connectivity index (χ0n) is 12.5. The summed E-state index contributed by atoms with van der Waals surface area (Å²) in [6, 6.07) is 9.19. The molecular formula is C17H20O5. The quantitative estimate of drug-likeness (QED) is 0.557. The van der Waals surface area contributed by atoms with Crippen LogP contribution in [0.4, 0.5) is 0 Å². The normalized spacial score (nSPS) is 12.1. The first-order chi connectivity index (χ1) is 10.5. The average Bonchev–Trinajstić information content (AvgIpc) is 2.53. The Kier molecular flexibility index (Phi) is 7.78. The number of rotatable bonds is 9. The van der Waals surface area contributed by atoms with Crippen molar-refractivity contribution in [3.63, 3.8) is 0 Å². The minimum absolute atomic E-state index is 0.141. The van der Waals surface area contributed by atoms with Gasteiger partial charge in [-0.1, -0.05) is 36.4 Å². The zero-order chi connectivity index (χ0) is 16.4. The maximum Gasteiger partial charge on any atom is 0.305 e. The van der Waals surface area contributed by atoms with Gasteiger partial charge >= 0.3 is 5.97 Å². The van der Waals surface area contributed by atoms with Crippen molar-refractivity contribution in [2.75, 3.05) is 7.11 Å². The van der Waals surface area contributed by atoms with Gasteiger partial charge < -0.3 is 9.84 Å². The van der Waals surface area contributed by atoms with Crippen LogP contribution in [0.25, 0.3) is 6.08 Å². The molecule has 0 saturated carbocycles. The number of Topliss-reactive ketones (excluding diaryl/α,β-unsaturated/α-hetero) is 1. The van der Waals surface area contributed by atoms with Gasteiger partial charge in [0.1, 0.15) is 11.9 Å². The Bertz CT molecular complexity index is 533. The van der Waals surface area contributed by atoms with E-state index in [1.165, 1.54) is 13.2 Å². The third-order valence-corrected chi connectivity index (χ3v) is 3.05. The van der Waals surface area contributed by atoms with Crippen LogP contribution < -0.4 is 0 Å². The van der Waals surface area contributed by atoms with Crippen molar-refractivity contribution >= 4 is 23.6 Å². The highest BCUT2D eigenvalue weighted by atomic mass is 16.5. The van der Waals surface area contributed by atoms with Crippen LogP contribution >= 0.6 is 0 Å². The Labute approximate surface area is 129 Å². The van der Waals surface area contributed by atoms with E-state index in [-0.39, 0.29) is 31.0 Å².